The van der Waals surface area contributed by atoms with E-state index in [4.69, 9.17) is 10.00 Å². The SMILES string of the molecule is N#CN1CCC(NC(=O)c2cccc(N3CCC(Oc4ccccc4)CC3)n2)C1. The summed E-state index contributed by atoms with van der Waals surface area (Å²) in [7, 11) is 0. The van der Waals surface area contributed by atoms with Gasteiger partial charge in [0, 0.05) is 45.1 Å². The molecule has 0 aliphatic carbocycles. The van der Waals surface area contributed by atoms with E-state index >= 15 is 0 Å². The highest BCUT2D eigenvalue weighted by Crippen LogP contribution is 2.22. The molecule has 2 aromatic rings. The number of hydrogen-bond donors (Lipinski definition) is 1. The maximum absolute atomic E-state index is 12.6. The average Bonchev–Trinajstić information content (AvgIpc) is 3.23. The largest absolute Gasteiger partial charge is 0.490 e. The van der Waals surface area contributed by atoms with Crippen LogP contribution in [0, 0.1) is 11.5 Å². The van der Waals surface area contributed by atoms with Gasteiger partial charge in [-0.15, -0.1) is 0 Å². The second-order valence-corrected chi connectivity index (χ2v) is 7.50. The number of likely N-dealkylation sites (tertiary alicyclic amines) is 1. The van der Waals surface area contributed by atoms with Crippen molar-refractivity contribution >= 4 is 11.7 Å². The Morgan fingerprint density at radius 2 is 1.86 bits per heavy atom. The lowest BCUT2D eigenvalue weighted by Gasteiger charge is -2.33. The van der Waals surface area contributed by atoms with E-state index in [1.54, 1.807) is 11.0 Å². The van der Waals surface area contributed by atoms with E-state index in [0.717, 1.165) is 43.9 Å². The van der Waals surface area contributed by atoms with E-state index in [-0.39, 0.29) is 18.1 Å². The molecule has 1 N–H and O–H groups in total. The Morgan fingerprint density at radius 1 is 1.07 bits per heavy atom. The number of hydrogen-bond acceptors (Lipinski definition) is 6. The first-order valence-electron chi connectivity index (χ1n) is 10.1. The lowest BCUT2D eigenvalue weighted by Crippen LogP contribution is -2.39. The zero-order chi connectivity index (χ0) is 20.1. The minimum atomic E-state index is -0.182. The van der Waals surface area contributed by atoms with Crippen LogP contribution >= 0.6 is 0 Å². The van der Waals surface area contributed by atoms with Gasteiger partial charge < -0.3 is 19.9 Å². The molecular formula is C22H25N5O2. The summed E-state index contributed by atoms with van der Waals surface area (Å²) in [5.74, 6) is 1.55. The Morgan fingerprint density at radius 3 is 2.59 bits per heavy atom. The van der Waals surface area contributed by atoms with Gasteiger partial charge in [-0.05, 0) is 30.7 Å². The van der Waals surface area contributed by atoms with Gasteiger partial charge in [-0.25, -0.2) is 4.98 Å². The van der Waals surface area contributed by atoms with Crippen molar-refractivity contribution in [1.29, 1.82) is 5.26 Å². The Balaban J connectivity index is 1.32. The van der Waals surface area contributed by atoms with E-state index < -0.39 is 0 Å². The third-order valence-electron chi connectivity index (χ3n) is 5.44. The molecule has 7 nitrogen and oxygen atoms in total. The van der Waals surface area contributed by atoms with Crippen LogP contribution in [0.5, 0.6) is 5.75 Å². The van der Waals surface area contributed by atoms with Gasteiger partial charge in [-0.3, -0.25) is 4.79 Å². The van der Waals surface area contributed by atoms with Crippen LogP contribution in [-0.2, 0) is 0 Å². The first-order chi connectivity index (χ1) is 14.2. The molecule has 0 bridgehead atoms. The fourth-order valence-electron chi connectivity index (χ4n) is 3.85. The predicted octanol–water partition coefficient (Wildman–Crippen LogP) is 2.41. The summed E-state index contributed by atoms with van der Waals surface area (Å²) < 4.78 is 6.06. The van der Waals surface area contributed by atoms with Crippen molar-refractivity contribution in [2.24, 2.45) is 0 Å². The van der Waals surface area contributed by atoms with Crippen molar-refractivity contribution in [3.63, 3.8) is 0 Å². The van der Waals surface area contributed by atoms with E-state index in [2.05, 4.69) is 21.4 Å². The fraction of sp³-hybridized carbons (Fsp3) is 0.409. The van der Waals surface area contributed by atoms with Gasteiger partial charge in [0.25, 0.3) is 5.91 Å². The van der Waals surface area contributed by atoms with Crippen LogP contribution in [0.25, 0.3) is 0 Å². The predicted molar refractivity (Wildman–Crippen MR) is 110 cm³/mol. The molecule has 2 aliphatic heterocycles. The summed E-state index contributed by atoms with van der Waals surface area (Å²) in [5.41, 5.74) is 0.417. The number of nitriles is 1. The summed E-state index contributed by atoms with van der Waals surface area (Å²) in [6.07, 6.45) is 4.94. The second kappa shape index (κ2) is 8.82. The van der Waals surface area contributed by atoms with Crippen molar-refractivity contribution in [1.82, 2.24) is 15.2 Å². The van der Waals surface area contributed by atoms with Crippen LogP contribution in [0.3, 0.4) is 0 Å². The number of nitrogens with zero attached hydrogens (tertiary/aromatic N) is 4. The number of para-hydroxylation sites is 1. The molecule has 150 valence electrons. The van der Waals surface area contributed by atoms with Crippen LogP contribution in [0.2, 0.25) is 0 Å². The number of ether oxygens (including phenoxy) is 1. The molecule has 0 saturated carbocycles. The second-order valence-electron chi connectivity index (χ2n) is 7.50. The van der Waals surface area contributed by atoms with E-state index in [9.17, 15) is 4.79 Å². The van der Waals surface area contributed by atoms with Gasteiger partial charge >= 0.3 is 0 Å². The summed E-state index contributed by atoms with van der Waals surface area (Å²) >= 11 is 0. The van der Waals surface area contributed by atoms with Crippen molar-refractivity contribution in [3.8, 4) is 11.9 Å². The highest BCUT2D eigenvalue weighted by atomic mass is 16.5. The third kappa shape index (κ3) is 4.77. The number of nitrogens with one attached hydrogen (secondary N) is 1. The maximum atomic E-state index is 12.6. The van der Waals surface area contributed by atoms with Crippen molar-refractivity contribution < 1.29 is 9.53 Å². The number of carbonyl (C=O) groups excluding carboxylic acids is 1. The number of rotatable bonds is 5. The normalized spacial score (nSPS) is 19.6. The summed E-state index contributed by atoms with van der Waals surface area (Å²) in [5, 5.41) is 11.9. The zero-order valence-corrected chi connectivity index (χ0v) is 16.3. The molecule has 2 fully saturated rings. The lowest BCUT2D eigenvalue weighted by molar-refractivity contribution is 0.0933. The Bertz CT molecular complexity index is 874. The van der Waals surface area contributed by atoms with Gasteiger partial charge in [0.2, 0.25) is 0 Å². The molecule has 0 spiro atoms. The standard InChI is InChI=1S/C22H25N5O2/c23-16-26-12-9-17(15-26)24-22(28)20-7-4-8-21(25-20)27-13-10-19(11-14-27)29-18-5-2-1-3-6-18/h1-8,17,19H,9-15H2,(H,24,28). The molecule has 0 radical (unpaired) electrons. The van der Waals surface area contributed by atoms with Crippen LogP contribution < -0.4 is 15.0 Å². The molecule has 1 aromatic heterocycles. The number of amides is 1. The molecule has 1 aromatic carbocycles. The molecule has 1 unspecified atom stereocenters. The molecule has 7 heteroatoms. The van der Waals surface area contributed by atoms with Gasteiger partial charge in [0.05, 0.1) is 0 Å². The molecule has 1 amide bonds. The van der Waals surface area contributed by atoms with Crippen molar-refractivity contribution in [2.45, 2.75) is 31.4 Å². The maximum Gasteiger partial charge on any atom is 0.270 e. The third-order valence-corrected chi connectivity index (χ3v) is 5.44. The average molecular weight is 391 g/mol. The number of aromatic nitrogens is 1. The minimum absolute atomic E-state index is 0.00140. The van der Waals surface area contributed by atoms with Gasteiger partial charge in [-0.1, -0.05) is 24.3 Å². The topological polar surface area (TPSA) is 81.5 Å². The molecule has 29 heavy (non-hydrogen) atoms. The number of anilines is 1. The van der Waals surface area contributed by atoms with Gasteiger partial charge in [0.1, 0.15) is 23.4 Å². The number of pyridine rings is 1. The number of benzene rings is 1. The quantitative estimate of drug-likeness (QED) is 0.789. The first kappa shape index (κ1) is 19.1. The fourth-order valence-corrected chi connectivity index (χ4v) is 3.85. The van der Waals surface area contributed by atoms with Crippen molar-refractivity contribution in [3.05, 3.63) is 54.2 Å². The molecule has 4 rings (SSSR count). The number of piperidine rings is 1. The summed E-state index contributed by atoms with van der Waals surface area (Å²) in [4.78, 5) is 21.0. The Hall–Kier alpha value is -3.27. The van der Waals surface area contributed by atoms with E-state index in [0.29, 0.717) is 18.8 Å². The van der Waals surface area contributed by atoms with Crippen LogP contribution in [0.4, 0.5) is 5.82 Å². The highest BCUT2D eigenvalue weighted by molar-refractivity contribution is 5.92. The lowest BCUT2D eigenvalue weighted by atomic mass is 10.1. The highest BCUT2D eigenvalue weighted by Gasteiger charge is 2.25. The molecule has 1 atom stereocenters. The Kier molecular flexibility index (Phi) is 5.80. The molecule has 2 saturated heterocycles. The van der Waals surface area contributed by atoms with Crippen LogP contribution in [0.15, 0.2) is 48.5 Å². The molecular weight excluding hydrogens is 366 g/mol. The van der Waals surface area contributed by atoms with Crippen LogP contribution in [0.1, 0.15) is 29.8 Å². The minimum Gasteiger partial charge on any atom is -0.490 e. The monoisotopic (exact) mass is 391 g/mol. The summed E-state index contributed by atoms with van der Waals surface area (Å²) in [6, 6.07) is 15.5. The van der Waals surface area contributed by atoms with E-state index in [1.807, 2.05) is 42.5 Å². The van der Waals surface area contributed by atoms with Crippen LogP contribution in [-0.4, -0.2) is 54.1 Å². The smallest absolute Gasteiger partial charge is 0.270 e. The van der Waals surface area contributed by atoms with Crippen molar-refractivity contribution in [2.75, 3.05) is 31.1 Å². The van der Waals surface area contributed by atoms with Gasteiger partial charge in [0.15, 0.2) is 6.19 Å². The Labute approximate surface area is 170 Å². The van der Waals surface area contributed by atoms with E-state index in [1.165, 1.54) is 0 Å². The number of carbonyl (C=O) groups is 1. The zero-order valence-electron chi connectivity index (χ0n) is 16.3. The first-order valence-corrected chi connectivity index (χ1v) is 10.1. The molecule has 2 aliphatic rings. The molecule has 3 heterocycles. The summed E-state index contributed by atoms with van der Waals surface area (Å²) in [6.45, 7) is 2.94. The van der Waals surface area contributed by atoms with Gasteiger partial charge in [-0.2, -0.15) is 5.26 Å².